The topological polar surface area (TPSA) is 12.0 Å². The molecule has 0 aliphatic heterocycles. The molecule has 0 amide bonds. The Morgan fingerprint density at radius 3 is 2.48 bits per heavy atom. The largest absolute Gasteiger partial charge is 0.310 e. The summed E-state index contributed by atoms with van der Waals surface area (Å²) in [6.45, 7) is 3.00. The van der Waals surface area contributed by atoms with Gasteiger partial charge in [0.2, 0.25) is 0 Å². The monoisotopic (exact) mass is 325 g/mol. The molecule has 0 aliphatic rings. The summed E-state index contributed by atoms with van der Waals surface area (Å²) < 4.78 is 13.1. The number of hydrogen-bond acceptors (Lipinski definition) is 1. The van der Waals surface area contributed by atoms with Gasteiger partial charge in [0.15, 0.2) is 0 Å². The summed E-state index contributed by atoms with van der Waals surface area (Å²) in [6, 6.07) is 12.1. The van der Waals surface area contributed by atoms with Crippen LogP contribution in [0.25, 0.3) is 0 Å². The molecular weight excluding hydrogens is 308 g/mol. The van der Waals surface area contributed by atoms with Gasteiger partial charge in [-0.2, -0.15) is 0 Å². The molecule has 0 heterocycles. The van der Waals surface area contributed by atoms with Gasteiger partial charge < -0.3 is 5.32 Å². The Morgan fingerprint density at radius 1 is 1.10 bits per heavy atom. The minimum absolute atomic E-state index is 0.0847. The zero-order valence-electron chi connectivity index (χ0n) is 11.9. The predicted molar refractivity (Wildman–Crippen MR) is 87.6 cm³/mol. The van der Waals surface area contributed by atoms with Crippen molar-refractivity contribution in [2.45, 2.75) is 25.8 Å². The quantitative estimate of drug-likeness (QED) is 0.748. The average Bonchev–Trinajstić information content (AvgIpc) is 2.48. The van der Waals surface area contributed by atoms with Crippen LogP contribution in [0.1, 0.15) is 30.5 Å². The molecule has 0 spiro atoms. The van der Waals surface area contributed by atoms with Gasteiger partial charge in [0, 0.05) is 16.1 Å². The first-order valence-corrected chi connectivity index (χ1v) is 7.78. The second-order valence-electron chi connectivity index (χ2n) is 5.00. The van der Waals surface area contributed by atoms with Gasteiger partial charge in [0.1, 0.15) is 5.82 Å². The zero-order chi connectivity index (χ0) is 15.2. The van der Waals surface area contributed by atoms with Crippen molar-refractivity contribution in [3.8, 4) is 0 Å². The van der Waals surface area contributed by atoms with Crippen LogP contribution in [0, 0.1) is 5.82 Å². The lowest BCUT2D eigenvalue weighted by molar-refractivity contribution is 0.527. The molecule has 2 aromatic carbocycles. The van der Waals surface area contributed by atoms with E-state index in [1.54, 1.807) is 24.3 Å². The van der Waals surface area contributed by atoms with Crippen LogP contribution in [0.5, 0.6) is 0 Å². The summed E-state index contributed by atoms with van der Waals surface area (Å²) in [4.78, 5) is 0. The Labute approximate surface area is 135 Å². The summed E-state index contributed by atoms with van der Waals surface area (Å²) in [6.07, 6.45) is 1.74. The highest BCUT2D eigenvalue weighted by Gasteiger charge is 2.14. The van der Waals surface area contributed by atoms with E-state index in [0.717, 1.165) is 24.1 Å². The van der Waals surface area contributed by atoms with Gasteiger partial charge in [-0.25, -0.2) is 4.39 Å². The third kappa shape index (κ3) is 4.70. The van der Waals surface area contributed by atoms with Gasteiger partial charge >= 0.3 is 0 Å². The highest BCUT2D eigenvalue weighted by molar-refractivity contribution is 6.33. The fourth-order valence-electron chi connectivity index (χ4n) is 2.24. The van der Waals surface area contributed by atoms with E-state index in [4.69, 9.17) is 23.2 Å². The lowest BCUT2D eigenvalue weighted by Crippen LogP contribution is -2.24. The van der Waals surface area contributed by atoms with Crippen molar-refractivity contribution in [3.63, 3.8) is 0 Å². The molecule has 0 aromatic heterocycles. The van der Waals surface area contributed by atoms with Crippen LogP contribution in [-0.4, -0.2) is 6.54 Å². The zero-order valence-corrected chi connectivity index (χ0v) is 13.4. The molecule has 0 radical (unpaired) electrons. The molecule has 0 aliphatic carbocycles. The summed E-state index contributed by atoms with van der Waals surface area (Å²) >= 11 is 12.3. The van der Waals surface area contributed by atoms with Crippen LogP contribution in [0.2, 0.25) is 10.0 Å². The van der Waals surface area contributed by atoms with Crippen LogP contribution in [-0.2, 0) is 6.42 Å². The molecule has 1 unspecified atom stereocenters. The first-order chi connectivity index (χ1) is 10.1. The maximum absolute atomic E-state index is 13.1. The van der Waals surface area contributed by atoms with E-state index in [1.165, 1.54) is 12.1 Å². The fourth-order valence-corrected chi connectivity index (χ4v) is 2.63. The van der Waals surface area contributed by atoms with E-state index in [1.807, 2.05) is 6.07 Å². The van der Waals surface area contributed by atoms with Gasteiger partial charge in [-0.3, -0.25) is 0 Å². The Morgan fingerprint density at radius 2 is 1.81 bits per heavy atom. The Balaban J connectivity index is 2.23. The van der Waals surface area contributed by atoms with E-state index < -0.39 is 0 Å². The number of halogens is 3. The van der Waals surface area contributed by atoms with Crippen molar-refractivity contribution in [2.24, 2.45) is 0 Å². The van der Waals surface area contributed by atoms with Gasteiger partial charge in [0.05, 0.1) is 0 Å². The van der Waals surface area contributed by atoms with Crippen LogP contribution < -0.4 is 5.32 Å². The molecule has 112 valence electrons. The summed E-state index contributed by atoms with van der Waals surface area (Å²) in [5.74, 6) is -0.228. The summed E-state index contributed by atoms with van der Waals surface area (Å²) in [7, 11) is 0. The number of rotatable bonds is 6. The third-order valence-corrected chi connectivity index (χ3v) is 3.95. The second-order valence-corrected chi connectivity index (χ2v) is 5.84. The molecule has 0 saturated heterocycles. The number of nitrogens with one attached hydrogen (secondary N) is 1. The minimum Gasteiger partial charge on any atom is -0.310 e. The van der Waals surface area contributed by atoms with Gasteiger partial charge in [-0.1, -0.05) is 42.3 Å². The van der Waals surface area contributed by atoms with Crippen LogP contribution in [0.15, 0.2) is 42.5 Å². The Hall–Kier alpha value is -1.09. The molecule has 0 fully saturated rings. The van der Waals surface area contributed by atoms with Crippen molar-refractivity contribution >= 4 is 23.2 Å². The smallest absolute Gasteiger partial charge is 0.123 e. The molecule has 1 nitrogen and oxygen atoms in total. The van der Waals surface area contributed by atoms with Gasteiger partial charge in [-0.05, 0) is 60.8 Å². The van der Waals surface area contributed by atoms with E-state index in [9.17, 15) is 4.39 Å². The van der Waals surface area contributed by atoms with Gasteiger partial charge in [0.25, 0.3) is 0 Å². The minimum atomic E-state index is -0.228. The fraction of sp³-hybridized carbons (Fsp3) is 0.294. The summed E-state index contributed by atoms with van der Waals surface area (Å²) in [5.41, 5.74) is 2.03. The predicted octanol–water partition coefficient (Wildman–Crippen LogP) is 5.42. The van der Waals surface area contributed by atoms with Crippen LogP contribution in [0.3, 0.4) is 0 Å². The maximum atomic E-state index is 13.1. The van der Waals surface area contributed by atoms with Crippen molar-refractivity contribution in [1.82, 2.24) is 5.32 Å². The molecule has 0 saturated carbocycles. The standard InChI is InChI=1S/C17H18Cl2FN/c1-2-9-21-17(12-3-6-15(20)7-4-12)11-13-10-14(18)5-8-16(13)19/h3-8,10,17,21H,2,9,11H2,1H3. The normalized spacial score (nSPS) is 12.4. The third-order valence-electron chi connectivity index (χ3n) is 3.34. The molecule has 2 aromatic rings. The highest BCUT2D eigenvalue weighted by atomic mass is 35.5. The lowest BCUT2D eigenvalue weighted by atomic mass is 9.98. The van der Waals surface area contributed by atoms with Crippen molar-refractivity contribution in [1.29, 1.82) is 0 Å². The molecule has 2 rings (SSSR count). The highest BCUT2D eigenvalue weighted by Crippen LogP contribution is 2.26. The van der Waals surface area contributed by atoms with Crippen molar-refractivity contribution in [3.05, 3.63) is 69.5 Å². The first kappa shape index (κ1) is 16.3. The summed E-state index contributed by atoms with van der Waals surface area (Å²) in [5, 5.41) is 4.84. The van der Waals surface area contributed by atoms with E-state index >= 15 is 0 Å². The van der Waals surface area contributed by atoms with E-state index in [0.29, 0.717) is 16.5 Å². The van der Waals surface area contributed by atoms with E-state index in [-0.39, 0.29) is 11.9 Å². The Kier molecular flexibility index (Phi) is 6.04. The molecule has 0 bridgehead atoms. The van der Waals surface area contributed by atoms with Crippen LogP contribution >= 0.6 is 23.2 Å². The number of hydrogen-bond donors (Lipinski definition) is 1. The molecule has 4 heteroatoms. The van der Waals surface area contributed by atoms with Crippen molar-refractivity contribution < 1.29 is 4.39 Å². The molecule has 1 atom stereocenters. The molecular formula is C17H18Cl2FN. The number of benzene rings is 2. The first-order valence-electron chi connectivity index (χ1n) is 7.03. The van der Waals surface area contributed by atoms with E-state index in [2.05, 4.69) is 12.2 Å². The lowest BCUT2D eigenvalue weighted by Gasteiger charge is -2.20. The maximum Gasteiger partial charge on any atom is 0.123 e. The van der Waals surface area contributed by atoms with Crippen molar-refractivity contribution in [2.75, 3.05) is 6.54 Å². The second kappa shape index (κ2) is 7.79. The van der Waals surface area contributed by atoms with Crippen LogP contribution in [0.4, 0.5) is 4.39 Å². The SMILES string of the molecule is CCCNC(Cc1cc(Cl)ccc1Cl)c1ccc(F)cc1. The van der Waals surface area contributed by atoms with Gasteiger partial charge in [-0.15, -0.1) is 0 Å². The molecule has 1 N–H and O–H groups in total. The molecule has 21 heavy (non-hydrogen) atoms. The average molecular weight is 326 g/mol. The Bertz CT molecular complexity index is 584.